The number of aliphatic hydroxyl groups excluding tert-OH is 1. The van der Waals surface area contributed by atoms with Crippen LogP contribution in [0, 0.1) is 17.2 Å². The molecule has 0 bridgehead atoms. The molecule has 2 N–H and O–H groups in total. The molecule has 1 heterocycles. The summed E-state index contributed by atoms with van der Waals surface area (Å²) in [6, 6.07) is 8.63. The first kappa shape index (κ1) is 15.5. The van der Waals surface area contributed by atoms with E-state index in [0.717, 1.165) is 19.5 Å². The number of nitriles is 1. The average molecular weight is 287 g/mol. The molecule has 1 saturated heterocycles. The number of nitrogens with one attached hydrogen (secondary N) is 1. The first-order chi connectivity index (χ1) is 10.0. The van der Waals surface area contributed by atoms with Gasteiger partial charge in [-0.3, -0.25) is 9.69 Å². The molecule has 1 aromatic carbocycles. The van der Waals surface area contributed by atoms with Crippen LogP contribution in [0.5, 0.6) is 0 Å². The molecule has 1 aliphatic rings. The van der Waals surface area contributed by atoms with E-state index in [1.807, 2.05) is 13.0 Å². The van der Waals surface area contributed by atoms with Crippen molar-refractivity contribution < 1.29 is 9.90 Å². The van der Waals surface area contributed by atoms with Gasteiger partial charge in [0.25, 0.3) is 0 Å². The van der Waals surface area contributed by atoms with E-state index in [1.165, 1.54) is 0 Å². The number of aliphatic hydroxyl groups is 1. The maximum absolute atomic E-state index is 12.3. The molecule has 0 saturated carbocycles. The van der Waals surface area contributed by atoms with Gasteiger partial charge in [-0.1, -0.05) is 0 Å². The Balaban J connectivity index is 1.92. The van der Waals surface area contributed by atoms with Crippen molar-refractivity contribution in [2.24, 2.45) is 5.92 Å². The number of nitrogens with zero attached hydrogens (tertiary/aromatic N) is 2. The third-order valence-corrected chi connectivity index (χ3v) is 4.15. The molecule has 5 heteroatoms. The van der Waals surface area contributed by atoms with Gasteiger partial charge in [0.2, 0.25) is 5.91 Å². The quantitative estimate of drug-likeness (QED) is 0.881. The van der Waals surface area contributed by atoms with Crippen LogP contribution in [0.2, 0.25) is 0 Å². The topological polar surface area (TPSA) is 76.4 Å². The summed E-state index contributed by atoms with van der Waals surface area (Å²) in [4.78, 5) is 14.3. The van der Waals surface area contributed by atoms with E-state index in [0.29, 0.717) is 11.3 Å². The molecular formula is C16H21N3O2. The summed E-state index contributed by atoms with van der Waals surface area (Å²) in [7, 11) is 0. The van der Waals surface area contributed by atoms with E-state index in [-0.39, 0.29) is 24.0 Å². The molecule has 3 atom stereocenters. The van der Waals surface area contributed by atoms with Crippen molar-refractivity contribution in [2.45, 2.75) is 32.4 Å². The normalized spacial score (nSPS) is 21.5. The van der Waals surface area contributed by atoms with Crippen LogP contribution < -0.4 is 5.32 Å². The molecule has 0 spiro atoms. The summed E-state index contributed by atoms with van der Waals surface area (Å²) in [6.45, 7) is 5.26. The van der Waals surface area contributed by atoms with Gasteiger partial charge in [-0.2, -0.15) is 5.26 Å². The summed E-state index contributed by atoms with van der Waals surface area (Å²) in [5, 5.41) is 21.2. The number of carbonyl (C=O) groups excluding carboxylic acids is 1. The van der Waals surface area contributed by atoms with Crippen LogP contribution in [0.3, 0.4) is 0 Å². The van der Waals surface area contributed by atoms with Crippen molar-refractivity contribution in [3.05, 3.63) is 29.8 Å². The minimum absolute atomic E-state index is 0.0639. The summed E-state index contributed by atoms with van der Waals surface area (Å²) in [6.07, 6.45) is 0.593. The average Bonchev–Trinajstić information content (AvgIpc) is 2.97. The SMILES string of the molecule is CC(O)C1CCN(C(C)C(=O)Nc2ccc(C#N)cc2)C1. The number of hydrogen-bond acceptors (Lipinski definition) is 4. The Morgan fingerprint density at radius 1 is 1.43 bits per heavy atom. The molecule has 112 valence electrons. The molecule has 1 aliphatic heterocycles. The van der Waals surface area contributed by atoms with Crippen LogP contribution >= 0.6 is 0 Å². The van der Waals surface area contributed by atoms with Gasteiger partial charge in [0, 0.05) is 12.2 Å². The zero-order chi connectivity index (χ0) is 15.4. The highest BCUT2D eigenvalue weighted by Crippen LogP contribution is 2.22. The van der Waals surface area contributed by atoms with Crippen molar-refractivity contribution in [1.29, 1.82) is 5.26 Å². The number of amides is 1. The molecule has 1 aromatic rings. The predicted octanol–water partition coefficient (Wildman–Crippen LogP) is 1.59. The van der Waals surface area contributed by atoms with E-state index in [2.05, 4.69) is 10.2 Å². The second-order valence-electron chi connectivity index (χ2n) is 5.64. The second kappa shape index (κ2) is 6.70. The van der Waals surface area contributed by atoms with Crippen molar-refractivity contribution in [1.82, 2.24) is 4.90 Å². The molecular weight excluding hydrogens is 266 g/mol. The number of anilines is 1. The molecule has 5 nitrogen and oxygen atoms in total. The van der Waals surface area contributed by atoms with Crippen molar-refractivity contribution in [3.63, 3.8) is 0 Å². The lowest BCUT2D eigenvalue weighted by atomic mass is 10.0. The number of hydrogen-bond donors (Lipinski definition) is 2. The van der Waals surface area contributed by atoms with E-state index in [4.69, 9.17) is 5.26 Å². The van der Waals surface area contributed by atoms with E-state index in [1.54, 1.807) is 31.2 Å². The van der Waals surface area contributed by atoms with Gasteiger partial charge in [0.05, 0.1) is 23.8 Å². The Hall–Kier alpha value is -1.90. The van der Waals surface area contributed by atoms with E-state index in [9.17, 15) is 9.90 Å². The summed E-state index contributed by atoms with van der Waals surface area (Å²) in [5.41, 5.74) is 1.26. The Bertz CT molecular complexity index is 533. The highest BCUT2D eigenvalue weighted by molar-refractivity contribution is 5.94. The van der Waals surface area contributed by atoms with Crippen molar-refractivity contribution in [2.75, 3.05) is 18.4 Å². The summed E-state index contributed by atoms with van der Waals surface area (Å²) < 4.78 is 0. The van der Waals surface area contributed by atoms with Crippen LogP contribution in [-0.2, 0) is 4.79 Å². The van der Waals surface area contributed by atoms with Gasteiger partial charge in [0.15, 0.2) is 0 Å². The first-order valence-electron chi connectivity index (χ1n) is 7.24. The highest BCUT2D eigenvalue weighted by Gasteiger charge is 2.31. The van der Waals surface area contributed by atoms with Crippen LogP contribution in [0.15, 0.2) is 24.3 Å². The largest absolute Gasteiger partial charge is 0.393 e. The maximum atomic E-state index is 12.3. The molecule has 1 fully saturated rings. The minimum Gasteiger partial charge on any atom is -0.393 e. The number of benzene rings is 1. The zero-order valence-electron chi connectivity index (χ0n) is 12.4. The third kappa shape index (κ3) is 3.81. The molecule has 0 aromatic heterocycles. The molecule has 0 radical (unpaired) electrons. The van der Waals surface area contributed by atoms with Crippen LogP contribution in [-0.4, -0.2) is 41.1 Å². The number of likely N-dealkylation sites (tertiary alicyclic amines) is 1. The van der Waals surface area contributed by atoms with E-state index >= 15 is 0 Å². The number of carbonyl (C=O) groups is 1. The monoisotopic (exact) mass is 287 g/mol. The maximum Gasteiger partial charge on any atom is 0.241 e. The summed E-state index contributed by atoms with van der Waals surface area (Å²) in [5.74, 6) is 0.182. The second-order valence-corrected chi connectivity index (χ2v) is 5.64. The van der Waals surface area contributed by atoms with Crippen LogP contribution in [0.1, 0.15) is 25.8 Å². The Morgan fingerprint density at radius 2 is 2.10 bits per heavy atom. The van der Waals surface area contributed by atoms with Crippen molar-refractivity contribution in [3.8, 4) is 6.07 Å². The molecule has 21 heavy (non-hydrogen) atoms. The Labute approximate surface area is 125 Å². The number of rotatable bonds is 4. The zero-order valence-corrected chi connectivity index (χ0v) is 12.4. The lowest BCUT2D eigenvalue weighted by Crippen LogP contribution is -2.41. The third-order valence-electron chi connectivity index (χ3n) is 4.15. The fourth-order valence-electron chi connectivity index (χ4n) is 2.60. The molecule has 3 unspecified atom stereocenters. The van der Waals surface area contributed by atoms with Gasteiger partial charge in [-0.25, -0.2) is 0 Å². The Morgan fingerprint density at radius 3 is 2.62 bits per heavy atom. The van der Waals surface area contributed by atoms with Crippen LogP contribution in [0.4, 0.5) is 5.69 Å². The van der Waals surface area contributed by atoms with Gasteiger partial charge in [-0.15, -0.1) is 0 Å². The lowest BCUT2D eigenvalue weighted by molar-refractivity contribution is -0.120. The summed E-state index contributed by atoms with van der Waals surface area (Å²) >= 11 is 0. The Kier molecular flexibility index (Phi) is 4.94. The molecule has 2 rings (SSSR count). The highest BCUT2D eigenvalue weighted by atomic mass is 16.3. The van der Waals surface area contributed by atoms with Crippen LogP contribution in [0.25, 0.3) is 0 Å². The van der Waals surface area contributed by atoms with Gasteiger partial charge in [-0.05, 0) is 57.0 Å². The van der Waals surface area contributed by atoms with Gasteiger partial charge >= 0.3 is 0 Å². The smallest absolute Gasteiger partial charge is 0.241 e. The minimum atomic E-state index is -0.330. The fourth-order valence-corrected chi connectivity index (χ4v) is 2.60. The van der Waals surface area contributed by atoms with Gasteiger partial charge < -0.3 is 10.4 Å². The van der Waals surface area contributed by atoms with Crippen molar-refractivity contribution >= 4 is 11.6 Å². The van der Waals surface area contributed by atoms with E-state index < -0.39 is 0 Å². The van der Waals surface area contributed by atoms with Gasteiger partial charge in [0.1, 0.15) is 0 Å². The molecule has 0 aliphatic carbocycles. The lowest BCUT2D eigenvalue weighted by Gasteiger charge is -2.24. The standard InChI is InChI=1S/C16H21N3O2/c1-11(19-8-7-14(10-19)12(2)20)16(21)18-15-5-3-13(9-17)4-6-15/h3-6,11-12,14,20H,7-8,10H2,1-2H3,(H,18,21). The predicted molar refractivity (Wildman–Crippen MR) is 80.6 cm³/mol. The first-order valence-corrected chi connectivity index (χ1v) is 7.24. The fraction of sp³-hybridized carbons (Fsp3) is 0.500. The molecule has 1 amide bonds.